The zero-order chi connectivity index (χ0) is 17.9. The number of nitrogens with zero attached hydrogens (tertiary/aromatic N) is 2. The van der Waals surface area contributed by atoms with E-state index in [9.17, 15) is 9.59 Å². The van der Waals surface area contributed by atoms with Crippen molar-refractivity contribution in [2.75, 3.05) is 32.7 Å². The van der Waals surface area contributed by atoms with Crippen LogP contribution in [0.25, 0.3) is 0 Å². The largest absolute Gasteiger partial charge is 0.459 e. The molecule has 2 aliphatic heterocycles. The predicted octanol–water partition coefficient (Wildman–Crippen LogP) is 3.37. The van der Waals surface area contributed by atoms with Crippen molar-refractivity contribution in [2.24, 2.45) is 0 Å². The number of rotatable bonds is 11. The first-order valence-electron chi connectivity index (χ1n) is 10.4. The van der Waals surface area contributed by atoms with Gasteiger partial charge in [0, 0.05) is 25.9 Å². The fourth-order valence-electron chi connectivity index (χ4n) is 3.82. The van der Waals surface area contributed by atoms with Crippen LogP contribution in [0.2, 0.25) is 0 Å². The van der Waals surface area contributed by atoms with Gasteiger partial charge in [0.15, 0.2) is 0 Å². The van der Waals surface area contributed by atoms with Gasteiger partial charge in [0.05, 0.1) is 6.54 Å². The van der Waals surface area contributed by atoms with Gasteiger partial charge in [0.2, 0.25) is 5.91 Å². The summed E-state index contributed by atoms with van der Waals surface area (Å²) in [5.41, 5.74) is 0. The molecule has 25 heavy (non-hydrogen) atoms. The van der Waals surface area contributed by atoms with Crippen LogP contribution in [0.4, 0.5) is 0 Å². The van der Waals surface area contributed by atoms with Gasteiger partial charge in [-0.05, 0) is 38.8 Å². The van der Waals surface area contributed by atoms with Gasteiger partial charge in [-0.2, -0.15) is 0 Å². The zero-order valence-corrected chi connectivity index (χ0v) is 16.0. The molecular weight excluding hydrogens is 316 g/mol. The average Bonchev–Trinajstić information content (AvgIpc) is 3.00. The molecule has 0 radical (unpaired) electrons. The van der Waals surface area contributed by atoms with Crippen LogP contribution in [0.5, 0.6) is 0 Å². The molecule has 2 saturated heterocycles. The third-order valence-corrected chi connectivity index (χ3v) is 5.29. The molecule has 0 unspecified atom stereocenters. The molecule has 2 rings (SSSR count). The van der Waals surface area contributed by atoms with Crippen molar-refractivity contribution < 1.29 is 14.3 Å². The van der Waals surface area contributed by atoms with Crippen molar-refractivity contribution in [1.82, 2.24) is 9.80 Å². The summed E-state index contributed by atoms with van der Waals surface area (Å²) in [5.74, 6) is 0.115. The number of piperidine rings is 1. The Morgan fingerprint density at radius 3 is 2.44 bits per heavy atom. The number of hydrogen-bond acceptors (Lipinski definition) is 4. The Hall–Kier alpha value is -1.10. The summed E-state index contributed by atoms with van der Waals surface area (Å²) < 4.78 is 5.80. The van der Waals surface area contributed by atoms with Gasteiger partial charge in [0.25, 0.3) is 0 Å². The Kier molecular flexibility index (Phi) is 9.30. The van der Waals surface area contributed by atoms with Crippen molar-refractivity contribution >= 4 is 11.9 Å². The first-order chi connectivity index (χ1) is 12.2. The minimum atomic E-state index is -0.178. The summed E-state index contributed by atoms with van der Waals surface area (Å²) in [6.07, 6.45) is 11.3. The highest BCUT2D eigenvalue weighted by molar-refractivity contribution is 5.78. The maximum Gasteiger partial charge on any atom is 0.306 e. The molecule has 5 heteroatoms. The Bertz CT molecular complexity index is 408. The first kappa shape index (κ1) is 20.2. The van der Waals surface area contributed by atoms with E-state index in [0.29, 0.717) is 19.4 Å². The zero-order valence-electron chi connectivity index (χ0n) is 16.0. The molecule has 0 aromatic carbocycles. The molecule has 0 aliphatic carbocycles. The third kappa shape index (κ3) is 7.76. The minimum Gasteiger partial charge on any atom is -0.459 e. The molecule has 0 aromatic heterocycles. The number of ether oxygens (including phenoxy) is 1. The first-order valence-corrected chi connectivity index (χ1v) is 10.4. The maximum absolute atomic E-state index is 12.2. The summed E-state index contributed by atoms with van der Waals surface area (Å²) >= 11 is 0. The van der Waals surface area contributed by atoms with Crippen molar-refractivity contribution in [3.8, 4) is 0 Å². The molecule has 0 aromatic rings. The van der Waals surface area contributed by atoms with Gasteiger partial charge < -0.3 is 9.64 Å². The monoisotopic (exact) mass is 352 g/mol. The SMILES string of the molecule is CCCCCCCC(=O)O[C@@H](CN1CCCCC1)CN1CCCC1=O. The van der Waals surface area contributed by atoms with Crippen LogP contribution in [-0.4, -0.2) is 60.5 Å². The topological polar surface area (TPSA) is 49.9 Å². The van der Waals surface area contributed by atoms with Crippen LogP contribution in [0, 0.1) is 0 Å². The summed E-state index contributed by atoms with van der Waals surface area (Å²) in [6.45, 7) is 6.50. The second kappa shape index (κ2) is 11.5. The third-order valence-electron chi connectivity index (χ3n) is 5.29. The fraction of sp³-hybridized carbons (Fsp3) is 0.900. The van der Waals surface area contributed by atoms with E-state index in [2.05, 4.69) is 11.8 Å². The van der Waals surface area contributed by atoms with E-state index in [-0.39, 0.29) is 18.0 Å². The standard InChI is InChI=1S/C20H36N2O3/c1-2-3-4-5-7-12-20(24)25-18(16-21-13-8-6-9-14-21)17-22-15-10-11-19(22)23/h18H,2-17H2,1H3/t18-/m0/s1. The molecule has 5 nitrogen and oxygen atoms in total. The number of carbonyl (C=O) groups excluding carboxylic acids is 2. The fourth-order valence-corrected chi connectivity index (χ4v) is 3.82. The minimum absolute atomic E-state index is 0.0925. The van der Waals surface area contributed by atoms with Crippen LogP contribution < -0.4 is 0 Å². The van der Waals surface area contributed by atoms with Gasteiger partial charge in [-0.1, -0.05) is 39.0 Å². The number of carbonyl (C=O) groups is 2. The number of likely N-dealkylation sites (tertiary alicyclic amines) is 2. The van der Waals surface area contributed by atoms with Gasteiger partial charge in [-0.3, -0.25) is 14.5 Å². The van der Waals surface area contributed by atoms with E-state index in [0.717, 1.165) is 45.4 Å². The highest BCUT2D eigenvalue weighted by Crippen LogP contribution is 2.15. The van der Waals surface area contributed by atoms with Crippen LogP contribution in [0.15, 0.2) is 0 Å². The van der Waals surface area contributed by atoms with Crippen LogP contribution in [0.3, 0.4) is 0 Å². The van der Waals surface area contributed by atoms with E-state index in [1.54, 1.807) is 0 Å². The highest BCUT2D eigenvalue weighted by Gasteiger charge is 2.27. The molecule has 0 N–H and O–H groups in total. The van der Waals surface area contributed by atoms with Gasteiger partial charge >= 0.3 is 5.97 Å². The smallest absolute Gasteiger partial charge is 0.306 e. The Labute approximate surface area is 153 Å². The van der Waals surface area contributed by atoms with E-state index in [1.165, 1.54) is 38.5 Å². The van der Waals surface area contributed by atoms with Crippen molar-refractivity contribution in [3.05, 3.63) is 0 Å². The van der Waals surface area contributed by atoms with Crippen molar-refractivity contribution in [3.63, 3.8) is 0 Å². The lowest BCUT2D eigenvalue weighted by Gasteiger charge is -2.32. The number of esters is 1. The second-order valence-electron chi connectivity index (χ2n) is 7.58. The quantitative estimate of drug-likeness (QED) is 0.423. The number of amides is 1. The lowest BCUT2D eigenvalue weighted by Crippen LogP contribution is -2.44. The highest BCUT2D eigenvalue weighted by atomic mass is 16.5. The number of unbranched alkanes of at least 4 members (excludes halogenated alkanes) is 4. The molecule has 2 aliphatic rings. The van der Waals surface area contributed by atoms with E-state index < -0.39 is 0 Å². The molecule has 144 valence electrons. The van der Waals surface area contributed by atoms with E-state index >= 15 is 0 Å². The van der Waals surface area contributed by atoms with Crippen LogP contribution in [0.1, 0.15) is 77.6 Å². The maximum atomic E-state index is 12.2. The van der Waals surface area contributed by atoms with Crippen molar-refractivity contribution in [2.45, 2.75) is 83.7 Å². The Morgan fingerprint density at radius 1 is 1.00 bits per heavy atom. The summed E-state index contributed by atoms with van der Waals surface area (Å²) in [4.78, 5) is 28.4. The van der Waals surface area contributed by atoms with E-state index in [1.807, 2.05) is 4.90 Å². The molecule has 1 atom stereocenters. The molecule has 2 fully saturated rings. The van der Waals surface area contributed by atoms with E-state index in [4.69, 9.17) is 4.74 Å². The Balaban J connectivity index is 1.77. The van der Waals surface area contributed by atoms with Gasteiger partial charge in [-0.25, -0.2) is 0 Å². The molecule has 2 heterocycles. The molecule has 0 bridgehead atoms. The van der Waals surface area contributed by atoms with Gasteiger partial charge in [0.1, 0.15) is 6.10 Å². The molecule has 1 amide bonds. The second-order valence-corrected chi connectivity index (χ2v) is 7.58. The molecular formula is C20H36N2O3. The van der Waals surface area contributed by atoms with Gasteiger partial charge in [-0.15, -0.1) is 0 Å². The van der Waals surface area contributed by atoms with Crippen LogP contribution >= 0.6 is 0 Å². The average molecular weight is 353 g/mol. The summed E-state index contributed by atoms with van der Waals surface area (Å²) in [7, 11) is 0. The lowest BCUT2D eigenvalue weighted by atomic mass is 10.1. The molecule has 0 spiro atoms. The molecule has 0 saturated carbocycles. The summed E-state index contributed by atoms with van der Waals surface area (Å²) in [6, 6.07) is 0. The number of hydrogen-bond donors (Lipinski definition) is 0. The van der Waals surface area contributed by atoms with Crippen LogP contribution in [-0.2, 0) is 14.3 Å². The normalized spacial score (nSPS) is 20.0. The predicted molar refractivity (Wildman–Crippen MR) is 99.4 cm³/mol. The summed E-state index contributed by atoms with van der Waals surface area (Å²) in [5, 5.41) is 0. The van der Waals surface area contributed by atoms with Crippen molar-refractivity contribution in [1.29, 1.82) is 0 Å². The Morgan fingerprint density at radius 2 is 1.76 bits per heavy atom. The lowest BCUT2D eigenvalue weighted by molar-refractivity contribution is -0.152.